The first-order valence-electron chi connectivity index (χ1n) is 5.97. The number of carboxylic acids is 1. The molecule has 0 aromatic rings. The number of aliphatic carboxylic acids is 1. The highest BCUT2D eigenvalue weighted by Gasteiger charge is 2.34. The van der Waals surface area contributed by atoms with Gasteiger partial charge in [-0.05, 0) is 25.7 Å². The predicted octanol–water partition coefficient (Wildman–Crippen LogP) is 2.47. The lowest BCUT2D eigenvalue weighted by atomic mass is 9.85. The summed E-state index contributed by atoms with van der Waals surface area (Å²) in [7, 11) is 0. The van der Waals surface area contributed by atoms with Gasteiger partial charge in [-0.15, -0.1) is 0 Å². The molecular weight excluding hydrogens is 208 g/mol. The van der Waals surface area contributed by atoms with Crippen LogP contribution in [0.2, 0.25) is 0 Å². The summed E-state index contributed by atoms with van der Waals surface area (Å²) >= 11 is 0. The third kappa shape index (κ3) is 4.64. The van der Waals surface area contributed by atoms with E-state index in [2.05, 4.69) is 0 Å². The van der Waals surface area contributed by atoms with E-state index in [1.165, 1.54) is 0 Å². The molecule has 0 saturated carbocycles. The molecule has 16 heavy (non-hydrogen) atoms. The number of carbonyl (C=O) groups is 2. The molecule has 0 amide bonds. The summed E-state index contributed by atoms with van der Waals surface area (Å²) < 4.78 is 4.82. The predicted molar refractivity (Wildman–Crippen MR) is 61.1 cm³/mol. The van der Waals surface area contributed by atoms with Crippen molar-refractivity contribution in [2.45, 2.75) is 46.5 Å². The van der Waals surface area contributed by atoms with Crippen molar-refractivity contribution in [2.75, 3.05) is 6.61 Å². The highest BCUT2D eigenvalue weighted by molar-refractivity contribution is 5.94. The molecule has 0 rings (SSSR count). The van der Waals surface area contributed by atoms with Gasteiger partial charge in [-0.25, -0.2) is 0 Å². The lowest BCUT2D eigenvalue weighted by molar-refractivity contribution is -0.161. The number of rotatable bonds is 8. The number of carboxylic acid groups (broad SMARTS) is 1. The Kier molecular flexibility index (Phi) is 7.60. The topological polar surface area (TPSA) is 63.6 Å². The molecule has 0 heterocycles. The summed E-state index contributed by atoms with van der Waals surface area (Å²) in [4.78, 5) is 22.7. The van der Waals surface area contributed by atoms with Crippen LogP contribution in [0.5, 0.6) is 0 Å². The van der Waals surface area contributed by atoms with Gasteiger partial charge in [0.25, 0.3) is 0 Å². The van der Waals surface area contributed by atoms with Crippen LogP contribution in [-0.4, -0.2) is 23.7 Å². The number of hydrogen-bond donors (Lipinski definition) is 1. The fraction of sp³-hybridized carbons (Fsp3) is 0.833. The second-order valence-corrected chi connectivity index (χ2v) is 3.91. The minimum absolute atomic E-state index is 0.105. The van der Waals surface area contributed by atoms with E-state index in [-0.39, 0.29) is 12.5 Å². The van der Waals surface area contributed by atoms with Crippen LogP contribution in [0.15, 0.2) is 0 Å². The zero-order valence-electron chi connectivity index (χ0n) is 10.4. The number of hydrogen-bond acceptors (Lipinski definition) is 3. The van der Waals surface area contributed by atoms with E-state index in [4.69, 9.17) is 9.84 Å². The maximum absolute atomic E-state index is 11.6. The Morgan fingerprint density at radius 2 is 1.62 bits per heavy atom. The third-order valence-electron chi connectivity index (χ3n) is 2.60. The molecule has 0 aliphatic heterocycles. The molecule has 1 N–H and O–H groups in total. The zero-order valence-corrected chi connectivity index (χ0v) is 10.4. The van der Waals surface area contributed by atoms with Crippen molar-refractivity contribution >= 4 is 11.9 Å². The van der Waals surface area contributed by atoms with Crippen LogP contribution in [0.3, 0.4) is 0 Å². The van der Waals surface area contributed by atoms with Crippen molar-refractivity contribution in [1.82, 2.24) is 0 Å². The summed E-state index contributed by atoms with van der Waals surface area (Å²) in [5, 5.41) is 9.09. The van der Waals surface area contributed by atoms with E-state index in [0.717, 1.165) is 25.7 Å². The lowest BCUT2D eigenvalue weighted by Gasteiger charge is -2.21. The molecule has 0 saturated heterocycles. The Hall–Kier alpha value is -1.06. The van der Waals surface area contributed by atoms with Crippen molar-refractivity contribution in [2.24, 2.45) is 11.8 Å². The van der Waals surface area contributed by atoms with E-state index < -0.39 is 17.9 Å². The van der Waals surface area contributed by atoms with E-state index in [0.29, 0.717) is 0 Å². The van der Waals surface area contributed by atoms with Crippen LogP contribution in [0, 0.1) is 11.8 Å². The maximum Gasteiger partial charge on any atom is 0.320 e. The third-order valence-corrected chi connectivity index (χ3v) is 2.60. The number of ether oxygens (including phenoxy) is 1. The van der Waals surface area contributed by atoms with Gasteiger partial charge in [0.2, 0.25) is 0 Å². The highest BCUT2D eigenvalue weighted by Crippen LogP contribution is 2.24. The summed E-state index contributed by atoms with van der Waals surface area (Å²) in [6.45, 7) is 5.90. The second-order valence-electron chi connectivity index (χ2n) is 3.91. The van der Waals surface area contributed by atoms with Crippen LogP contribution in [0.1, 0.15) is 46.5 Å². The van der Waals surface area contributed by atoms with Gasteiger partial charge in [0, 0.05) is 0 Å². The minimum Gasteiger partial charge on any atom is -0.481 e. The quantitative estimate of drug-likeness (QED) is 0.514. The highest BCUT2D eigenvalue weighted by atomic mass is 16.5. The normalized spacial score (nSPS) is 12.5. The van der Waals surface area contributed by atoms with Crippen molar-refractivity contribution in [3.05, 3.63) is 0 Å². The van der Waals surface area contributed by atoms with E-state index in [1.54, 1.807) is 6.92 Å². The molecule has 4 nitrogen and oxygen atoms in total. The molecular formula is C12H22O4. The minimum atomic E-state index is -1.06. The fourth-order valence-electron chi connectivity index (χ4n) is 1.95. The maximum atomic E-state index is 11.6. The smallest absolute Gasteiger partial charge is 0.320 e. The Morgan fingerprint density at radius 3 is 1.94 bits per heavy atom. The Labute approximate surface area is 97.0 Å². The second kappa shape index (κ2) is 8.13. The first-order valence-corrected chi connectivity index (χ1v) is 5.97. The van der Waals surface area contributed by atoms with Gasteiger partial charge in [-0.2, -0.15) is 0 Å². The van der Waals surface area contributed by atoms with Crippen molar-refractivity contribution < 1.29 is 19.4 Å². The van der Waals surface area contributed by atoms with E-state index in [9.17, 15) is 9.59 Å². The fourth-order valence-corrected chi connectivity index (χ4v) is 1.95. The Balaban J connectivity index is 4.68. The van der Waals surface area contributed by atoms with Crippen LogP contribution in [0.25, 0.3) is 0 Å². The van der Waals surface area contributed by atoms with Crippen LogP contribution >= 0.6 is 0 Å². The van der Waals surface area contributed by atoms with Crippen molar-refractivity contribution in [1.29, 1.82) is 0 Å². The summed E-state index contributed by atoms with van der Waals surface area (Å²) in [6, 6.07) is 0. The molecule has 0 fully saturated rings. The molecule has 0 spiro atoms. The molecule has 0 aliphatic rings. The average molecular weight is 230 g/mol. The molecule has 94 valence electrons. The van der Waals surface area contributed by atoms with Crippen molar-refractivity contribution in [3.8, 4) is 0 Å². The molecule has 1 atom stereocenters. The molecule has 0 unspecified atom stereocenters. The standard InChI is InChI=1S/C12H22O4/c1-4-7-9(8-5-2)10(11(13)14)12(15)16-6-3/h9-10H,4-8H2,1-3H3,(H,13,14)/t10-/m0/s1. The Morgan fingerprint density at radius 1 is 1.12 bits per heavy atom. The zero-order chi connectivity index (χ0) is 12.6. The average Bonchev–Trinajstić information content (AvgIpc) is 2.18. The SMILES string of the molecule is CCCC(CCC)[C@@H](C(=O)O)C(=O)OCC. The molecule has 0 aromatic heterocycles. The van der Waals surface area contributed by atoms with Crippen LogP contribution in [-0.2, 0) is 14.3 Å². The van der Waals surface area contributed by atoms with Gasteiger partial charge >= 0.3 is 11.9 Å². The van der Waals surface area contributed by atoms with Gasteiger partial charge in [0.15, 0.2) is 5.92 Å². The van der Waals surface area contributed by atoms with E-state index in [1.807, 2.05) is 13.8 Å². The number of esters is 1. The van der Waals surface area contributed by atoms with Gasteiger partial charge in [0.1, 0.15) is 0 Å². The number of carbonyl (C=O) groups excluding carboxylic acids is 1. The van der Waals surface area contributed by atoms with Crippen molar-refractivity contribution in [3.63, 3.8) is 0 Å². The van der Waals surface area contributed by atoms with Crippen LogP contribution < -0.4 is 0 Å². The van der Waals surface area contributed by atoms with E-state index >= 15 is 0 Å². The lowest BCUT2D eigenvalue weighted by Crippen LogP contribution is -2.33. The largest absolute Gasteiger partial charge is 0.481 e. The monoisotopic (exact) mass is 230 g/mol. The molecule has 0 aromatic carbocycles. The molecule has 0 radical (unpaired) electrons. The van der Waals surface area contributed by atoms with Gasteiger partial charge < -0.3 is 9.84 Å². The first-order chi connectivity index (χ1) is 7.58. The molecule has 0 bridgehead atoms. The Bertz CT molecular complexity index is 219. The summed E-state index contributed by atoms with van der Waals surface area (Å²) in [6.07, 6.45) is 3.27. The molecule has 4 heteroatoms. The van der Waals surface area contributed by atoms with Gasteiger partial charge in [0.05, 0.1) is 6.61 Å². The first kappa shape index (κ1) is 14.9. The van der Waals surface area contributed by atoms with Gasteiger partial charge in [-0.3, -0.25) is 9.59 Å². The summed E-state index contributed by atoms with van der Waals surface area (Å²) in [5.74, 6) is -2.77. The van der Waals surface area contributed by atoms with Gasteiger partial charge in [-0.1, -0.05) is 26.7 Å². The molecule has 0 aliphatic carbocycles. The summed E-state index contributed by atoms with van der Waals surface area (Å²) in [5.41, 5.74) is 0. The van der Waals surface area contributed by atoms with Crippen LogP contribution in [0.4, 0.5) is 0 Å².